The Kier molecular flexibility index (Phi) is 3.29. The Morgan fingerprint density at radius 3 is 2.83 bits per heavy atom. The first-order valence-electron chi connectivity index (χ1n) is 7.35. The lowest BCUT2D eigenvalue weighted by molar-refractivity contribution is 0.549. The van der Waals surface area contributed by atoms with E-state index in [4.69, 9.17) is 5.73 Å². The summed E-state index contributed by atoms with van der Waals surface area (Å²) >= 11 is 0. The Bertz CT molecular complexity index is 415. The first-order chi connectivity index (χ1) is 8.79. The summed E-state index contributed by atoms with van der Waals surface area (Å²) in [7, 11) is 0. The maximum absolute atomic E-state index is 5.77. The lowest BCUT2D eigenvalue weighted by atomic mass is 9.98. The van der Waals surface area contributed by atoms with Crippen LogP contribution in [0.4, 0.5) is 5.69 Å². The lowest BCUT2D eigenvalue weighted by Gasteiger charge is -2.27. The van der Waals surface area contributed by atoms with Gasteiger partial charge in [0.1, 0.15) is 0 Å². The van der Waals surface area contributed by atoms with Gasteiger partial charge in [0, 0.05) is 24.2 Å². The minimum atomic E-state index is 0.655. The fourth-order valence-electron chi connectivity index (χ4n) is 3.78. The standard InChI is InChI=1S/C16H24N2/c1-12-6-7-14(10-12)18-11-13(8-9-17)15-4-2-3-5-16(15)18/h2-5,12-14H,6-11,17H2,1H3. The number of nitrogens with zero attached hydrogens (tertiary/aromatic N) is 1. The van der Waals surface area contributed by atoms with Crippen LogP contribution in [-0.2, 0) is 0 Å². The molecule has 98 valence electrons. The highest BCUT2D eigenvalue weighted by Crippen LogP contribution is 2.42. The number of benzene rings is 1. The molecular weight excluding hydrogens is 220 g/mol. The summed E-state index contributed by atoms with van der Waals surface area (Å²) in [5.41, 5.74) is 8.78. The van der Waals surface area contributed by atoms with Crippen molar-refractivity contribution < 1.29 is 0 Å². The molecule has 0 bridgehead atoms. The Morgan fingerprint density at radius 2 is 2.11 bits per heavy atom. The molecule has 1 aromatic rings. The van der Waals surface area contributed by atoms with Crippen LogP contribution in [0.5, 0.6) is 0 Å². The number of anilines is 1. The second-order valence-electron chi connectivity index (χ2n) is 6.06. The predicted molar refractivity (Wildman–Crippen MR) is 77.0 cm³/mol. The Morgan fingerprint density at radius 1 is 1.28 bits per heavy atom. The largest absolute Gasteiger partial charge is 0.368 e. The monoisotopic (exact) mass is 244 g/mol. The summed E-state index contributed by atoms with van der Waals surface area (Å²) in [5, 5.41) is 0. The van der Waals surface area contributed by atoms with E-state index in [1.807, 2.05) is 0 Å². The van der Waals surface area contributed by atoms with Crippen molar-refractivity contribution in [1.29, 1.82) is 0 Å². The van der Waals surface area contributed by atoms with Crippen LogP contribution in [0.3, 0.4) is 0 Å². The lowest BCUT2D eigenvalue weighted by Crippen LogP contribution is -2.32. The van der Waals surface area contributed by atoms with Crippen LogP contribution in [0.2, 0.25) is 0 Å². The average Bonchev–Trinajstić information content (AvgIpc) is 2.95. The summed E-state index contributed by atoms with van der Waals surface area (Å²) in [4.78, 5) is 2.67. The third kappa shape index (κ3) is 2.03. The zero-order valence-corrected chi connectivity index (χ0v) is 11.3. The number of para-hydroxylation sites is 1. The predicted octanol–water partition coefficient (Wildman–Crippen LogP) is 3.13. The van der Waals surface area contributed by atoms with E-state index in [1.165, 1.54) is 37.1 Å². The van der Waals surface area contributed by atoms with Gasteiger partial charge in [-0.3, -0.25) is 0 Å². The molecule has 0 spiro atoms. The van der Waals surface area contributed by atoms with Crippen LogP contribution in [0.25, 0.3) is 0 Å². The van der Waals surface area contributed by atoms with Gasteiger partial charge >= 0.3 is 0 Å². The number of fused-ring (bicyclic) bond motifs is 1. The zero-order valence-electron chi connectivity index (χ0n) is 11.3. The van der Waals surface area contributed by atoms with Crippen LogP contribution in [0.1, 0.15) is 44.1 Å². The van der Waals surface area contributed by atoms with E-state index in [2.05, 4.69) is 36.1 Å². The van der Waals surface area contributed by atoms with Gasteiger partial charge in [0.05, 0.1) is 0 Å². The summed E-state index contributed by atoms with van der Waals surface area (Å²) in [6.45, 7) is 4.38. The van der Waals surface area contributed by atoms with E-state index in [1.54, 1.807) is 0 Å². The second-order valence-corrected chi connectivity index (χ2v) is 6.06. The number of hydrogen-bond donors (Lipinski definition) is 1. The Hall–Kier alpha value is -1.02. The van der Waals surface area contributed by atoms with Crippen LogP contribution in [-0.4, -0.2) is 19.1 Å². The van der Waals surface area contributed by atoms with Crippen molar-refractivity contribution in [2.75, 3.05) is 18.0 Å². The molecule has 3 unspecified atom stereocenters. The first-order valence-corrected chi connectivity index (χ1v) is 7.35. The van der Waals surface area contributed by atoms with Crippen LogP contribution < -0.4 is 10.6 Å². The third-order valence-electron chi connectivity index (χ3n) is 4.73. The molecule has 1 aromatic carbocycles. The van der Waals surface area contributed by atoms with E-state index in [9.17, 15) is 0 Å². The smallest absolute Gasteiger partial charge is 0.0405 e. The first kappa shape index (κ1) is 12.0. The molecule has 2 aliphatic rings. The molecule has 1 aliphatic heterocycles. The van der Waals surface area contributed by atoms with Crippen molar-refractivity contribution in [2.24, 2.45) is 11.7 Å². The molecule has 0 aromatic heterocycles. The van der Waals surface area contributed by atoms with Gasteiger partial charge in [-0.1, -0.05) is 25.1 Å². The molecule has 3 rings (SSSR count). The van der Waals surface area contributed by atoms with Crippen LogP contribution >= 0.6 is 0 Å². The molecule has 1 aliphatic carbocycles. The highest BCUT2D eigenvalue weighted by molar-refractivity contribution is 5.61. The van der Waals surface area contributed by atoms with E-state index in [0.717, 1.165) is 24.9 Å². The average molecular weight is 244 g/mol. The van der Waals surface area contributed by atoms with Crippen molar-refractivity contribution in [2.45, 2.75) is 44.6 Å². The topological polar surface area (TPSA) is 29.3 Å². The number of nitrogens with two attached hydrogens (primary N) is 1. The molecule has 2 N–H and O–H groups in total. The van der Waals surface area contributed by atoms with Gasteiger partial charge < -0.3 is 10.6 Å². The fraction of sp³-hybridized carbons (Fsp3) is 0.625. The zero-order chi connectivity index (χ0) is 12.5. The maximum Gasteiger partial charge on any atom is 0.0405 e. The molecule has 0 amide bonds. The summed E-state index contributed by atoms with van der Waals surface area (Å²) in [5.74, 6) is 1.55. The van der Waals surface area contributed by atoms with Crippen LogP contribution in [0.15, 0.2) is 24.3 Å². The highest BCUT2D eigenvalue weighted by atomic mass is 15.2. The molecule has 18 heavy (non-hydrogen) atoms. The molecule has 1 fully saturated rings. The minimum absolute atomic E-state index is 0.655. The SMILES string of the molecule is CC1CCC(N2CC(CCN)c3ccccc32)C1. The molecule has 1 saturated carbocycles. The van der Waals surface area contributed by atoms with E-state index >= 15 is 0 Å². The normalized spacial score (nSPS) is 30.8. The summed E-state index contributed by atoms with van der Waals surface area (Å²) in [6, 6.07) is 9.71. The molecule has 0 radical (unpaired) electrons. The van der Waals surface area contributed by atoms with Gasteiger partial charge in [-0.25, -0.2) is 0 Å². The number of hydrogen-bond acceptors (Lipinski definition) is 2. The fourth-order valence-corrected chi connectivity index (χ4v) is 3.78. The van der Waals surface area contributed by atoms with Crippen LogP contribution in [0, 0.1) is 5.92 Å². The quantitative estimate of drug-likeness (QED) is 0.885. The molecule has 0 saturated heterocycles. The van der Waals surface area contributed by atoms with Gasteiger partial charge in [0.25, 0.3) is 0 Å². The Balaban J connectivity index is 1.85. The molecule has 2 heteroatoms. The van der Waals surface area contributed by atoms with Crippen molar-refractivity contribution in [3.05, 3.63) is 29.8 Å². The molecule has 1 heterocycles. The summed E-state index contributed by atoms with van der Waals surface area (Å²) in [6.07, 6.45) is 5.25. The third-order valence-corrected chi connectivity index (χ3v) is 4.73. The highest BCUT2D eigenvalue weighted by Gasteiger charge is 2.34. The second kappa shape index (κ2) is 4.93. The van der Waals surface area contributed by atoms with Gasteiger partial charge in [0.2, 0.25) is 0 Å². The van der Waals surface area contributed by atoms with Gasteiger partial charge in [-0.15, -0.1) is 0 Å². The van der Waals surface area contributed by atoms with E-state index in [-0.39, 0.29) is 0 Å². The van der Waals surface area contributed by atoms with Crippen molar-refractivity contribution in [3.63, 3.8) is 0 Å². The molecular formula is C16H24N2. The maximum atomic E-state index is 5.77. The molecule has 2 nitrogen and oxygen atoms in total. The van der Waals surface area contributed by atoms with E-state index in [0.29, 0.717) is 5.92 Å². The number of rotatable bonds is 3. The van der Waals surface area contributed by atoms with Gasteiger partial charge in [0.15, 0.2) is 0 Å². The summed E-state index contributed by atoms with van der Waals surface area (Å²) < 4.78 is 0. The van der Waals surface area contributed by atoms with Gasteiger partial charge in [-0.2, -0.15) is 0 Å². The van der Waals surface area contributed by atoms with Crippen molar-refractivity contribution in [1.82, 2.24) is 0 Å². The Labute approximate surface area is 110 Å². The van der Waals surface area contributed by atoms with Crippen molar-refractivity contribution in [3.8, 4) is 0 Å². The minimum Gasteiger partial charge on any atom is -0.368 e. The van der Waals surface area contributed by atoms with E-state index < -0.39 is 0 Å². The van der Waals surface area contributed by atoms with Gasteiger partial charge in [-0.05, 0) is 49.8 Å². The van der Waals surface area contributed by atoms with Crippen molar-refractivity contribution >= 4 is 5.69 Å². The molecule has 3 atom stereocenters.